The Hall–Kier alpha value is -0.0800. The summed E-state index contributed by atoms with van der Waals surface area (Å²) in [6, 6.07) is 0. The summed E-state index contributed by atoms with van der Waals surface area (Å²) in [6.07, 6.45) is 5.50. The van der Waals surface area contributed by atoms with Crippen molar-refractivity contribution in [2.24, 2.45) is 22.5 Å². The highest BCUT2D eigenvalue weighted by atomic mass is 15.2. The third-order valence-corrected chi connectivity index (χ3v) is 4.90. The zero-order valence-electron chi connectivity index (χ0n) is 11.3. The van der Waals surface area contributed by atoms with Crippen LogP contribution in [0.5, 0.6) is 0 Å². The maximum absolute atomic E-state index is 5.94. The average molecular weight is 224 g/mol. The standard InChI is InChI=1S/C14H28N2/c1-13(2,3)12-5-8-16(9-12)11-14(10-15)6-4-7-14/h12H,4-11,15H2,1-3H3. The smallest absolute Gasteiger partial charge is 0.00502 e. The van der Waals surface area contributed by atoms with Gasteiger partial charge in [0.25, 0.3) is 0 Å². The van der Waals surface area contributed by atoms with Gasteiger partial charge in [-0.15, -0.1) is 0 Å². The summed E-state index contributed by atoms with van der Waals surface area (Å²) in [7, 11) is 0. The van der Waals surface area contributed by atoms with Gasteiger partial charge in [-0.3, -0.25) is 0 Å². The second kappa shape index (κ2) is 4.30. The van der Waals surface area contributed by atoms with Crippen molar-refractivity contribution in [2.75, 3.05) is 26.2 Å². The Balaban J connectivity index is 1.85. The first-order valence-electron chi connectivity index (χ1n) is 6.88. The summed E-state index contributed by atoms with van der Waals surface area (Å²) >= 11 is 0. The topological polar surface area (TPSA) is 29.3 Å². The van der Waals surface area contributed by atoms with E-state index in [1.807, 2.05) is 0 Å². The molecule has 2 nitrogen and oxygen atoms in total. The van der Waals surface area contributed by atoms with Crippen LogP contribution in [-0.2, 0) is 0 Å². The predicted molar refractivity (Wildman–Crippen MR) is 69.3 cm³/mol. The molecule has 2 fully saturated rings. The van der Waals surface area contributed by atoms with Gasteiger partial charge in [0, 0.05) is 13.1 Å². The second-order valence-corrected chi connectivity index (χ2v) is 7.14. The number of likely N-dealkylation sites (tertiary alicyclic amines) is 1. The average Bonchev–Trinajstić information content (AvgIpc) is 2.58. The van der Waals surface area contributed by atoms with Gasteiger partial charge in [-0.2, -0.15) is 0 Å². The van der Waals surface area contributed by atoms with Crippen LogP contribution in [0.15, 0.2) is 0 Å². The summed E-state index contributed by atoms with van der Waals surface area (Å²) in [5.74, 6) is 0.877. The van der Waals surface area contributed by atoms with Crippen LogP contribution >= 0.6 is 0 Å². The third kappa shape index (κ3) is 2.43. The number of rotatable bonds is 3. The Labute approximate surface area is 101 Å². The highest BCUT2D eigenvalue weighted by Gasteiger charge is 2.40. The lowest BCUT2D eigenvalue weighted by Gasteiger charge is -2.43. The number of hydrogen-bond donors (Lipinski definition) is 1. The van der Waals surface area contributed by atoms with Crippen LogP contribution < -0.4 is 5.73 Å². The lowest BCUT2D eigenvalue weighted by Crippen LogP contribution is -2.46. The molecule has 2 N–H and O–H groups in total. The largest absolute Gasteiger partial charge is 0.330 e. The van der Waals surface area contributed by atoms with Crippen molar-refractivity contribution in [2.45, 2.75) is 46.5 Å². The summed E-state index contributed by atoms with van der Waals surface area (Å²) in [5, 5.41) is 0. The van der Waals surface area contributed by atoms with Gasteiger partial charge in [-0.1, -0.05) is 27.2 Å². The summed E-state index contributed by atoms with van der Waals surface area (Å²) < 4.78 is 0. The molecule has 1 saturated heterocycles. The van der Waals surface area contributed by atoms with Crippen LogP contribution in [0, 0.1) is 16.7 Å². The Morgan fingerprint density at radius 2 is 2.00 bits per heavy atom. The van der Waals surface area contributed by atoms with E-state index in [4.69, 9.17) is 5.73 Å². The van der Waals surface area contributed by atoms with Gasteiger partial charge in [-0.05, 0) is 49.1 Å². The van der Waals surface area contributed by atoms with E-state index in [0.717, 1.165) is 12.5 Å². The maximum atomic E-state index is 5.94. The molecule has 0 aromatic carbocycles. The molecule has 2 heteroatoms. The second-order valence-electron chi connectivity index (χ2n) is 7.14. The van der Waals surface area contributed by atoms with E-state index in [9.17, 15) is 0 Å². The molecule has 0 bridgehead atoms. The van der Waals surface area contributed by atoms with E-state index in [2.05, 4.69) is 25.7 Å². The Bertz CT molecular complexity index is 232. The van der Waals surface area contributed by atoms with Crippen LogP contribution in [0.25, 0.3) is 0 Å². The molecule has 1 saturated carbocycles. The van der Waals surface area contributed by atoms with E-state index in [0.29, 0.717) is 10.8 Å². The summed E-state index contributed by atoms with van der Waals surface area (Å²) in [5.41, 5.74) is 6.91. The molecule has 0 aromatic heterocycles. The van der Waals surface area contributed by atoms with E-state index in [1.165, 1.54) is 45.3 Å². The fourth-order valence-corrected chi connectivity index (χ4v) is 3.26. The molecule has 16 heavy (non-hydrogen) atoms. The first-order chi connectivity index (χ1) is 7.45. The van der Waals surface area contributed by atoms with Gasteiger partial charge in [0.1, 0.15) is 0 Å². The maximum Gasteiger partial charge on any atom is 0.00502 e. The van der Waals surface area contributed by atoms with Crippen molar-refractivity contribution < 1.29 is 0 Å². The molecule has 1 unspecified atom stereocenters. The molecule has 1 atom stereocenters. The minimum Gasteiger partial charge on any atom is -0.330 e. The van der Waals surface area contributed by atoms with Gasteiger partial charge in [0.05, 0.1) is 0 Å². The quantitative estimate of drug-likeness (QED) is 0.798. The van der Waals surface area contributed by atoms with Crippen molar-refractivity contribution >= 4 is 0 Å². The van der Waals surface area contributed by atoms with Crippen LogP contribution in [-0.4, -0.2) is 31.1 Å². The van der Waals surface area contributed by atoms with Gasteiger partial charge in [0.15, 0.2) is 0 Å². The number of nitrogens with two attached hydrogens (primary N) is 1. The number of nitrogens with zero attached hydrogens (tertiary/aromatic N) is 1. The van der Waals surface area contributed by atoms with E-state index < -0.39 is 0 Å². The Morgan fingerprint density at radius 1 is 1.31 bits per heavy atom. The van der Waals surface area contributed by atoms with Gasteiger partial charge < -0.3 is 10.6 Å². The van der Waals surface area contributed by atoms with Crippen LogP contribution in [0.2, 0.25) is 0 Å². The molecule has 0 amide bonds. The van der Waals surface area contributed by atoms with Crippen molar-refractivity contribution in [1.29, 1.82) is 0 Å². The van der Waals surface area contributed by atoms with Crippen LogP contribution in [0.4, 0.5) is 0 Å². The van der Waals surface area contributed by atoms with E-state index in [-0.39, 0.29) is 0 Å². The third-order valence-electron chi connectivity index (χ3n) is 4.90. The van der Waals surface area contributed by atoms with Crippen molar-refractivity contribution in [3.63, 3.8) is 0 Å². The highest BCUT2D eigenvalue weighted by Crippen LogP contribution is 2.42. The van der Waals surface area contributed by atoms with Crippen molar-refractivity contribution in [3.8, 4) is 0 Å². The minimum absolute atomic E-state index is 0.476. The molecule has 0 spiro atoms. The molecule has 1 aliphatic heterocycles. The SMILES string of the molecule is CC(C)(C)C1CCN(CC2(CN)CCC2)C1. The van der Waals surface area contributed by atoms with Gasteiger partial charge >= 0.3 is 0 Å². The van der Waals surface area contributed by atoms with E-state index in [1.54, 1.807) is 0 Å². The fourth-order valence-electron chi connectivity index (χ4n) is 3.26. The lowest BCUT2D eigenvalue weighted by atomic mass is 9.68. The fraction of sp³-hybridized carbons (Fsp3) is 1.00. The van der Waals surface area contributed by atoms with Crippen LogP contribution in [0.3, 0.4) is 0 Å². The first kappa shape index (κ1) is 12.4. The zero-order valence-corrected chi connectivity index (χ0v) is 11.3. The normalized spacial score (nSPS) is 30.4. The Kier molecular flexibility index (Phi) is 3.33. The van der Waals surface area contributed by atoms with Crippen LogP contribution in [0.1, 0.15) is 46.5 Å². The monoisotopic (exact) mass is 224 g/mol. The zero-order chi connectivity index (χ0) is 11.8. The highest BCUT2D eigenvalue weighted by molar-refractivity contribution is 4.94. The molecule has 94 valence electrons. The summed E-state index contributed by atoms with van der Waals surface area (Å²) in [4.78, 5) is 2.67. The molecule has 1 heterocycles. The summed E-state index contributed by atoms with van der Waals surface area (Å²) in [6.45, 7) is 11.9. The lowest BCUT2D eigenvalue weighted by molar-refractivity contribution is 0.0811. The minimum atomic E-state index is 0.476. The van der Waals surface area contributed by atoms with Crippen molar-refractivity contribution in [1.82, 2.24) is 4.90 Å². The molecular formula is C14H28N2. The Morgan fingerprint density at radius 3 is 2.38 bits per heavy atom. The molecule has 2 aliphatic rings. The number of hydrogen-bond acceptors (Lipinski definition) is 2. The molecule has 2 rings (SSSR count). The van der Waals surface area contributed by atoms with Gasteiger partial charge in [0.2, 0.25) is 0 Å². The molecular weight excluding hydrogens is 196 g/mol. The molecule has 0 aromatic rings. The van der Waals surface area contributed by atoms with Gasteiger partial charge in [-0.25, -0.2) is 0 Å². The van der Waals surface area contributed by atoms with E-state index >= 15 is 0 Å². The van der Waals surface area contributed by atoms with Crippen molar-refractivity contribution in [3.05, 3.63) is 0 Å². The molecule has 1 aliphatic carbocycles. The predicted octanol–water partition coefficient (Wildman–Crippen LogP) is 2.48. The first-order valence-corrected chi connectivity index (χ1v) is 6.88. The molecule has 0 radical (unpaired) electrons.